The quantitative estimate of drug-likeness (QED) is 0.675. The Hall–Kier alpha value is -0.860. The first-order valence-corrected chi connectivity index (χ1v) is 5.33. The zero-order valence-corrected chi connectivity index (χ0v) is 8.15. The molecule has 0 radical (unpaired) electrons. The Morgan fingerprint density at radius 3 is 3.00 bits per heavy atom. The van der Waals surface area contributed by atoms with Crippen molar-refractivity contribution in [2.75, 3.05) is 0 Å². The van der Waals surface area contributed by atoms with Crippen LogP contribution in [-0.4, -0.2) is 12.1 Å². The third-order valence-electron chi connectivity index (χ3n) is 3.36. The molecule has 3 atom stereocenters. The van der Waals surface area contributed by atoms with E-state index in [2.05, 4.69) is 24.3 Å². The maximum absolute atomic E-state index is 6.08. The topological polar surface area (TPSA) is 35.2 Å². The fourth-order valence-electron chi connectivity index (χ4n) is 2.60. The van der Waals surface area contributed by atoms with Gasteiger partial charge < -0.3 is 10.5 Å². The van der Waals surface area contributed by atoms with E-state index in [4.69, 9.17) is 10.5 Å². The van der Waals surface area contributed by atoms with E-state index in [1.807, 2.05) is 0 Å². The summed E-state index contributed by atoms with van der Waals surface area (Å²) in [6, 6.07) is 8.72. The maximum atomic E-state index is 6.08. The first kappa shape index (κ1) is 8.45. The van der Waals surface area contributed by atoms with Crippen molar-refractivity contribution in [3.63, 3.8) is 0 Å². The lowest BCUT2D eigenvalue weighted by Gasteiger charge is -2.40. The molecule has 0 unspecified atom stereocenters. The minimum atomic E-state index is 0.152. The maximum Gasteiger partial charge on any atom is 0.0982 e. The highest BCUT2D eigenvalue weighted by Crippen LogP contribution is 2.38. The summed E-state index contributed by atoms with van der Waals surface area (Å²) in [5, 5.41) is 0. The van der Waals surface area contributed by atoms with Crippen molar-refractivity contribution in [3.05, 3.63) is 35.4 Å². The van der Waals surface area contributed by atoms with E-state index in [-0.39, 0.29) is 12.1 Å². The van der Waals surface area contributed by atoms with Crippen LogP contribution < -0.4 is 5.73 Å². The number of hydrogen-bond donors (Lipinski definition) is 1. The van der Waals surface area contributed by atoms with E-state index >= 15 is 0 Å². The smallest absolute Gasteiger partial charge is 0.0982 e. The van der Waals surface area contributed by atoms with Gasteiger partial charge in [-0.3, -0.25) is 0 Å². The largest absolute Gasteiger partial charge is 0.368 e. The van der Waals surface area contributed by atoms with E-state index in [1.54, 1.807) is 0 Å². The Kier molecular flexibility index (Phi) is 1.85. The molecule has 2 bridgehead atoms. The molecule has 0 amide bonds. The lowest BCUT2D eigenvalue weighted by molar-refractivity contribution is -0.0730. The van der Waals surface area contributed by atoms with Gasteiger partial charge >= 0.3 is 0 Å². The van der Waals surface area contributed by atoms with Gasteiger partial charge in [-0.2, -0.15) is 0 Å². The van der Waals surface area contributed by atoms with Crippen molar-refractivity contribution in [2.45, 2.75) is 37.5 Å². The predicted octanol–water partition coefficient (Wildman–Crippen LogP) is 1.79. The Morgan fingerprint density at radius 1 is 1.21 bits per heavy atom. The SMILES string of the molecule is N[C@H]1CC[C@@H]2Cc3ccccc3[C@H]1O2. The molecule has 0 spiro atoms. The molecule has 1 fully saturated rings. The van der Waals surface area contributed by atoms with Gasteiger partial charge in [0.25, 0.3) is 0 Å². The van der Waals surface area contributed by atoms with E-state index in [0.717, 1.165) is 19.3 Å². The Bertz CT molecular complexity index is 350. The fourth-order valence-corrected chi connectivity index (χ4v) is 2.60. The van der Waals surface area contributed by atoms with Gasteiger partial charge in [0, 0.05) is 6.04 Å². The third kappa shape index (κ3) is 1.18. The number of rotatable bonds is 0. The lowest BCUT2D eigenvalue weighted by Crippen LogP contribution is -2.42. The number of benzene rings is 1. The van der Waals surface area contributed by atoms with Gasteiger partial charge in [0.05, 0.1) is 12.2 Å². The van der Waals surface area contributed by atoms with Crippen LogP contribution >= 0.6 is 0 Å². The van der Waals surface area contributed by atoms with Crippen LogP contribution in [-0.2, 0) is 11.2 Å². The Balaban J connectivity index is 2.06. The van der Waals surface area contributed by atoms with E-state index < -0.39 is 0 Å². The molecule has 2 nitrogen and oxygen atoms in total. The predicted molar refractivity (Wildman–Crippen MR) is 55.0 cm³/mol. The first-order chi connectivity index (χ1) is 6.84. The summed E-state index contributed by atoms with van der Waals surface area (Å²) in [5.41, 5.74) is 8.83. The van der Waals surface area contributed by atoms with Gasteiger partial charge in [0.1, 0.15) is 0 Å². The van der Waals surface area contributed by atoms with Crippen LogP contribution in [0.3, 0.4) is 0 Å². The molecule has 2 N–H and O–H groups in total. The van der Waals surface area contributed by atoms with Crippen LogP contribution in [0.5, 0.6) is 0 Å². The zero-order chi connectivity index (χ0) is 9.54. The minimum absolute atomic E-state index is 0.152. The van der Waals surface area contributed by atoms with Crippen LogP contribution in [0.2, 0.25) is 0 Å². The second-order valence-electron chi connectivity index (χ2n) is 4.32. The van der Waals surface area contributed by atoms with Gasteiger partial charge in [-0.1, -0.05) is 24.3 Å². The first-order valence-electron chi connectivity index (χ1n) is 5.33. The summed E-state index contributed by atoms with van der Waals surface area (Å²) in [7, 11) is 0. The molecule has 1 saturated heterocycles. The molecule has 74 valence electrons. The van der Waals surface area contributed by atoms with Crippen molar-refractivity contribution in [1.29, 1.82) is 0 Å². The van der Waals surface area contributed by atoms with Crippen LogP contribution in [0.1, 0.15) is 30.1 Å². The standard InChI is InChI=1S/C12H15NO/c13-11-6-5-9-7-8-3-1-2-4-10(8)12(11)14-9/h1-4,9,11-12H,5-7,13H2/t9-,11+,12-/m1/s1. The van der Waals surface area contributed by atoms with Gasteiger partial charge in [-0.05, 0) is 30.4 Å². The highest BCUT2D eigenvalue weighted by Gasteiger charge is 2.35. The molecule has 2 aliphatic heterocycles. The number of hydrogen-bond acceptors (Lipinski definition) is 2. The zero-order valence-electron chi connectivity index (χ0n) is 8.15. The lowest BCUT2D eigenvalue weighted by atomic mass is 9.84. The molecule has 0 aromatic heterocycles. The summed E-state index contributed by atoms with van der Waals surface area (Å²) in [5.74, 6) is 0. The summed E-state index contributed by atoms with van der Waals surface area (Å²) >= 11 is 0. The van der Waals surface area contributed by atoms with E-state index in [9.17, 15) is 0 Å². The second-order valence-corrected chi connectivity index (χ2v) is 4.32. The summed E-state index contributed by atoms with van der Waals surface area (Å²) < 4.78 is 5.94. The molecule has 0 aliphatic carbocycles. The molecule has 2 heteroatoms. The number of fused-ring (bicyclic) bond motifs is 4. The Labute approximate surface area is 84.1 Å². The fraction of sp³-hybridized carbons (Fsp3) is 0.500. The molecule has 2 heterocycles. The molecule has 14 heavy (non-hydrogen) atoms. The van der Waals surface area contributed by atoms with Gasteiger partial charge in [-0.15, -0.1) is 0 Å². The van der Waals surface area contributed by atoms with E-state index in [0.29, 0.717) is 6.10 Å². The minimum Gasteiger partial charge on any atom is -0.368 e. The highest BCUT2D eigenvalue weighted by molar-refractivity contribution is 5.33. The van der Waals surface area contributed by atoms with Gasteiger partial charge in [-0.25, -0.2) is 0 Å². The van der Waals surface area contributed by atoms with Crippen LogP contribution in [0, 0.1) is 0 Å². The molecular formula is C12H15NO. The van der Waals surface area contributed by atoms with Gasteiger partial charge in [0.2, 0.25) is 0 Å². The average molecular weight is 189 g/mol. The van der Waals surface area contributed by atoms with Crippen molar-refractivity contribution < 1.29 is 4.74 Å². The van der Waals surface area contributed by atoms with Crippen molar-refractivity contribution in [3.8, 4) is 0 Å². The Morgan fingerprint density at radius 2 is 2.07 bits per heavy atom. The molecule has 1 aromatic carbocycles. The van der Waals surface area contributed by atoms with Crippen LogP contribution in [0.25, 0.3) is 0 Å². The average Bonchev–Trinajstić information content (AvgIpc) is 2.23. The van der Waals surface area contributed by atoms with Crippen LogP contribution in [0.15, 0.2) is 24.3 Å². The summed E-state index contributed by atoms with van der Waals surface area (Å²) in [4.78, 5) is 0. The van der Waals surface area contributed by atoms with Crippen LogP contribution in [0.4, 0.5) is 0 Å². The monoisotopic (exact) mass is 189 g/mol. The number of ether oxygens (including phenoxy) is 1. The normalized spacial score (nSPS) is 35.1. The number of nitrogens with two attached hydrogens (primary N) is 1. The molecule has 0 saturated carbocycles. The van der Waals surface area contributed by atoms with E-state index in [1.165, 1.54) is 11.1 Å². The van der Waals surface area contributed by atoms with Crippen molar-refractivity contribution >= 4 is 0 Å². The summed E-state index contributed by atoms with van der Waals surface area (Å²) in [6.45, 7) is 0. The molecule has 2 aliphatic rings. The van der Waals surface area contributed by atoms with Gasteiger partial charge in [0.15, 0.2) is 0 Å². The van der Waals surface area contributed by atoms with Crippen molar-refractivity contribution in [1.82, 2.24) is 0 Å². The molecule has 3 rings (SSSR count). The molecule has 1 aromatic rings. The molecular weight excluding hydrogens is 174 g/mol. The second kappa shape index (κ2) is 3.07. The highest BCUT2D eigenvalue weighted by atomic mass is 16.5. The third-order valence-corrected chi connectivity index (χ3v) is 3.36. The summed E-state index contributed by atoms with van der Waals surface area (Å²) in [6.07, 6.45) is 3.85. The van der Waals surface area contributed by atoms with Crippen molar-refractivity contribution in [2.24, 2.45) is 5.73 Å².